The summed E-state index contributed by atoms with van der Waals surface area (Å²) in [7, 11) is -1.58. The first-order chi connectivity index (χ1) is 9.52. The van der Waals surface area contributed by atoms with Crippen LogP contribution < -0.4 is 5.19 Å². The maximum Gasteiger partial charge on any atom is 0.103 e. The zero-order valence-corrected chi connectivity index (χ0v) is 13.9. The molecule has 0 aliphatic heterocycles. The Kier molecular flexibility index (Phi) is 5.22. The molecule has 0 atom stereocenters. The smallest absolute Gasteiger partial charge is 0.103 e. The van der Waals surface area contributed by atoms with Crippen molar-refractivity contribution in [2.45, 2.75) is 63.6 Å². The quantitative estimate of drug-likeness (QED) is 0.828. The second-order valence-electron chi connectivity index (χ2n) is 6.79. The van der Waals surface area contributed by atoms with Crippen LogP contribution in [0.1, 0.15) is 44.9 Å². The highest BCUT2D eigenvalue weighted by Gasteiger charge is 2.26. The third-order valence-electron chi connectivity index (χ3n) is 4.55. The average molecular weight is 289 g/mol. The van der Waals surface area contributed by atoms with Crippen LogP contribution in [0.15, 0.2) is 42.1 Å². The minimum absolute atomic E-state index is 0.556. The maximum atomic E-state index is 10.8. The summed E-state index contributed by atoms with van der Waals surface area (Å²) in [5.41, 5.74) is 1.78. The first-order valence-corrected chi connectivity index (χ1v) is 11.1. The molecule has 0 saturated heterocycles. The largest absolute Gasteiger partial charge is 0.386 e. The van der Waals surface area contributed by atoms with Crippen molar-refractivity contribution < 1.29 is 5.11 Å². The van der Waals surface area contributed by atoms with Crippen LogP contribution in [0.4, 0.5) is 0 Å². The molecule has 1 aliphatic rings. The molecule has 0 unspecified atom stereocenters. The van der Waals surface area contributed by atoms with E-state index in [-0.39, 0.29) is 0 Å². The Morgan fingerprint density at radius 3 is 2.10 bits per heavy atom. The number of rotatable bonds is 3. The molecule has 2 heteroatoms. The van der Waals surface area contributed by atoms with Crippen molar-refractivity contribution in [1.29, 1.82) is 0 Å². The van der Waals surface area contributed by atoms with E-state index in [9.17, 15) is 5.11 Å². The van der Waals surface area contributed by atoms with Gasteiger partial charge in [-0.1, -0.05) is 92.5 Å². The van der Waals surface area contributed by atoms with Crippen molar-refractivity contribution in [2.75, 3.05) is 0 Å². The van der Waals surface area contributed by atoms with Gasteiger partial charge in [-0.15, -0.1) is 0 Å². The molecule has 0 heterocycles. The van der Waals surface area contributed by atoms with E-state index < -0.39 is 13.7 Å². The van der Waals surface area contributed by atoms with Crippen molar-refractivity contribution in [1.82, 2.24) is 0 Å². The topological polar surface area (TPSA) is 20.2 Å². The average Bonchev–Trinajstić information content (AvgIpc) is 2.43. The van der Waals surface area contributed by atoms with Crippen LogP contribution in [0.25, 0.3) is 0 Å². The summed E-state index contributed by atoms with van der Waals surface area (Å²) in [5.74, 6) is 0. The van der Waals surface area contributed by atoms with Gasteiger partial charge in [0.15, 0.2) is 0 Å². The highest BCUT2D eigenvalue weighted by molar-refractivity contribution is 6.93. The second-order valence-corrected chi connectivity index (χ2v) is 11.1. The van der Waals surface area contributed by atoms with Gasteiger partial charge < -0.3 is 5.11 Å². The molecule has 0 spiro atoms. The lowest BCUT2D eigenvalue weighted by atomic mass is 9.87. The third kappa shape index (κ3) is 4.32. The van der Waals surface area contributed by atoms with E-state index in [0.717, 1.165) is 25.7 Å². The first kappa shape index (κ1) is 15.5. The van der Waals surface area contributed by atoms with Crippen molar-refractivity contribution in [3.8, 4) is 0 Å². The van der Waals surface area contributed by atoms with Crippen molar-refractivity contribution in [3.05, 3.63) is 42.1 Å². The Balaban J connectivity index is 2.10. The summed E-state index contributed by atoms with van der Waals surface area (Å²) in [6.45, 7) is 4.70. The van der Waals surface area contributed by atoms with E-state index in [0.29, 0.717) is 0 Å². The molecule has 1 aliphatic carbocycles. The third-order valence-corrected chi connectivity index (χ3v) is 7.37. The van der Waals surface area contributed by atoms with Gasteiger partial charge in [0.25, 0.3) is 0 Å². The van der Waals surface area contributed by atoms with Gasteiger partial charge in [0.2, 0.25) is 0 Å². The van der Waals surface area contributed by atoms with Gasteiger partial charge in [-0.05, 0) is 12.8 Å². The predicted molar refractivity (Wildman–Crippen MR) is 90.0 cm³/mol. The molecule has 0 amide bonds. The van der Waals surface area contributed by atoms with Crippen LogP contribution in [0.5, 0.6) is 0 Å². The molecule has 20 heavy (non-hydrogen) atoms. The fourth-order valence-corrected chi connectivity index (χ4v) is 4.98. The Labute approximate surface area is 124 Å². The summed E-state index contributed by atoms with van der Waals surface area (Å²) < 4.78 is 0. The fraction of sp³-hybridized carbons (Fsp3) is 0.556. The molecule has 110 valence electrons. The Bertz CT molecular complexity index is 428. The fourth-order valence-electron chi connectivity index (χ4n) is 3.01. The Morgan fingerprint density at radius 2 is 1.50 bits per heavy atom. The van der Waals surface area contributed by atoms with Crippen molar-refractivity contribution >= 4 is 13.3 Å². The molecule has 2 rings (SSSR count). The number of hydrogen-bond acceptors (Lipinski definition) is 1. The number of benzene rings is 1. The molecule has 1 fully saturated rings. The highest BCUT2D eigenvalue weighted by atomic mass is 28.3. The summed E-state index contributed by atoms with van der Waals surface area (Å²) in [5, 5.41) is 12.3. The van der Waals surface area contributed by atoms with E-state index in [1.807, 2.05) is 0 Å². The summed E-state index contributed by atoms with van der Waals surface area (Å²) >= 11 is 0. The molecule has 1 saturated carbocycles. The number of aliphatic hydroxyl groups is 1. The molecular formula is C18H28OSi. The zero-order valence-electron chi connectivity index (χ0n) is 12.9. The molecule has 0 aromatic heterocycles. The highest BCUT2D eigenvalue weighted by Crippen LogP contribution is 2.28. The lowest BCUT2D eigenvalue weighted by Gasteiger charge is -2.28. The van der Waals surface area contributed by atoms with E-state index >= 15 is 0 Å². The normalized spacial score (nSPS) is 20.6. The van der Waals surface area contributed by atoms with Crippen molar-refractivity contribution in [3.63, 3.8) is 0 Å². The monoisotopic (exact) mass is 288 g/mol. The van der Waals surface area contributed by atoms with Gasteiger partial charge in [-0.2, -0.15) is 0 Å². The first-order valence-electron chi connectivity index (χ1n) is 8.00. The van der Waals surface area contributed by atoms with Crippen LogP contribution in [0.2, 0.25) is 13.1 Å². The zero-order chi connectivity index (χ0) is 14.5. The summed E-state index contributed by atoms with van der Waals surface area (Å²) in [4.78, 5) is 0. The van der Waals surface area contributed by atoms with Gasteiger partial charge in [-0.25, -0.2) is 0 Å². The van der Waals surface area contributed by atoms with Crippen LogP contribution in [-0.4, -0.2) is 18.8 Å². The minimum atomic E-state index is -1.58. The van der Waals surface area contributed by atoms with Crippen LogP contribution >= 0.6 is 0 Å². The molecule has 1 nitrogen and oxygen atoms in total. The molecule has 0 bridgehead atoms. The minimum Gasteiger partial charge on any atom is -0.386 e. The lowest BCUT2D eigenvalue weighted by Crippen LogP contribution is -2.40. The summed E-state index contributed by atoms with van der Waals surface area (Å²) in [6.07, 6.45) is 10.2. The van der Waals surface area contributed by atoms with Gasteiger partial charge in [-0.3, -0.25) is 0 Å². The lowest BCUT2D eigenvalue weighted by molar-refractivity contribution is 0.0622. The van der Waals surface area contributed by atoms with E-state index in [1.54, 1.807) is 0 Å². The molecule has 1 N–H and O–H groups in total. The van der Waals surface area contributed by atoms with E-state index in [4.69, 9.17) is 0 Å². The van der Waals surface area contributed by atoms with E-state index in [1.165, 1.54) is 24.4 Å². The second kappa shape index (κ2) is 6.73. The van der Waals surface area contributed by atoms with Gasteiger partial charge in [0.1, 0.15) is 8.07 Å². The molecular weight excluding hydrogens is 260 g/mol. The van der Waals surface area contributed by atoms with Gasteiger partial charge >= 0.3 is 0 Å². The van der Waals surface area contributed by atoms with E-state index in [2.05, 4.69) is 55.2 Å². The molecule has 1 aromatic rings. The Morgan fingerprint density at radius 1 is 0.950 bits per heavy atom. The predicted octanol–water partition coefficient (Wildman–Crippen LogP) is 4.17. The molecule has 1 aromatic carbocycles. The van der Waals surface area contributed by atoms with Crippen LogP contribution in [-0.2, 0) is 0 Å². The summed E-state index contributed by atoms with van der Waals surface area (Å²) in [6, 6.07) is 10.7. The van der Waals surface area contributed by atoms with Gasteiger partial charge in [0.05, 0.1) is 5.60 Å². The SMILES string of the molecule is C[Si](C)(/C=C/C1(O)CCCCCCC1)c1ccccc1. The van der Waals surface area contributed by atoms with Crippen molar-refractivity contribution in [2.24, 2.45) is 0 Å². The standard InChI is InChI=1S/C18H28OSi/c1-20(2,17-11-7-6-8-12-17)16-15-18(19)13-9-4-3-5-10-14-18/h6-8,11-12,15-16,19H,3-5,9-10,13-14H2,1-2H3/b16-15+. The van der Waals surface area contributed by atoms with Gasteiger partial charge in [0, 0.05) is 0 Å². The Hall–Kier alpha value is -0.863. The number of hydrogen-bond donors (Lipinski definition) is 1. The van der Waals surface area contributed by atoms with Crippen LogP contribution in [0.3, 0.4) is 0 Å². The van der Waals surface area contributed by atoms with Crippen LogP contribution in [0, 0.1) is 0 Å². The molecule has 0 radical (unpaired) electrons. The maximum absolute atomic E-state index is 10.8.